The van der Waals surface area contributed by atoms with E-state index in [2.05, 4.69) is 261 Å². The standard InChI is InChI=1S/C69H45NO2/c1-68(58-30-13-8-23-50(58)51-24-9-14-31-59(51)68)65-62(42-41-57-55-27-12-17-34-64(55)72-67(57)65)70(47-37-35-44(36-38-47)49-28-18-29-56-54-26-11-16-33-63(54)71-66(49)56)48-39-40-53-52-25-10-15-32-60(52)69(61(53)43-48,45-19-4-2-5-20-45)46-21-6-3-7-22-46/h2-43H,1H3. The Morgan fingerprint density at radius 3 is 1.44 bits per heavy atom. The summed E-state index contributed by atoms with van der Waals surface area (Å²) in [6.45, 7) is 2.41. The number of hydrogen-bond acceptors (Lipinski definition) is 3. The highest BCUT2D eigenvalue weighted by atomic mass is 16.3. The van der Waals surface area contributed by atoms with Crippen LogP contribution < -0.4 is 4.90 Å². The summed E-state index contributed by atoms with van der Waals surface area (Å²) in [4.78, 5) is 2.49. The molecule has 3 nitrogen and oxygen atoms in total. The Labute approximate surface area is 417 Å². The molecule has 0 radical (unpaired) electrons. The van der Waals surface area contributed by atoms with Crippen molar-refractivity contribution in [2.45, 2.75) is 17.8 Å². The summed E-state index contributed by atoms with van der Waals surface area (Å²) in [5.74, 6) is 0. The third-order valence-electron chi connectivity index (χ3n) is 16.0. The molecule has 0 N–H and O–H groups in total. The summed E-state index contributed by atoms with van der Waals surface area (Å²) in [5.41, 5.74) is 21.2. The van der Waals surface area contributed by atoms with Crippen LogP contribution in [0, 0.1) is 0 Å². The van der Waals surface area contributed by atoms with E-state index in [1.807, 2.05) is 6.07 Å². The summed E-state index contributed by atoms with van der Waals surface area (Å²) < 4.78 is 13.8. The number of para-hydroxylation sites is 3. The smallest absolute Gasteiger partial charge is 0.143 e. The van der Waals surface area contributed by atoms with Crippen LogP contribution in [0.2, 0.25) is 0 Å². The van der Waals surface area contributed by atoms with Gasteiger partial charge in [-0.25, -0.2) is 0 Å². The van der Waals surface area contributed by atoms with E-state index >= 15 is 0 Å². The monoisotopic (exact) mass is 919 g/mol. The van der Waals surface area contributed by atoms with Gasteiger partial charge in [0.2, 0.25) is 0 Å². The van der Waals surface area contributed by atoms with Gasteiger partial charge in [-0.05, 0) is 117 Å². The molecule has 2 aliphatic rings. The van der Waals surface area contributed by atoms with Gasteiger partial charge >= 0.3 is 0 Å². The molecule has 338 valence electrons. The lowest BCUT2D eigenvalue weighted by Crippen LogP contribution is -2.29. The molecule has 3 heteroatoms. The molecule has 72 heavy (non-hydrogen) atoms. The average molecular weight is 920 g/mol. The molecule has 0 aliphatic heterocycles. The van der Waals surface area contributed by atoms with Crippen LogP contribution in [0.15, 0.2) is 264 Å². The molecule has 11 aromatic carbocycles. The highest BCUT2D eigenvalue weighted by Gasteiger charge is 2.48. The van der Waals surface area contributed by atoms with Gasteiger partial charge in [-0.1, -0.05) is 206 Å². The maximum atomic E-state index is 7.22. The molecule has 0 saturated heterocycles. The minimum Gasteiger partial charge on any atom is -0.456 e. The largest absolute Gasteiger partial charge is 0.456 e. The van der Waals surface area contributed by atoms with Crippen molar-refractivity contribution < 1.29 is 8.83 Å². The quantitative estimate of drug-likeness (QED) is 0.160. The molecule has 2 aliphatic carbocycles. The second-order valence-electron chi connectivity index (χ2n) is 19.6. The van der Waals surface area contributed by atoms with Gasteiger partial charge in [-0.2, -0.15) is 0 Å². The number of fused-ring (bicyclic) bond motifs is 12. The first-order valence-corrected chi connectivity index (χ1v) is 24.9. The van der Waals surface area contributed by atoms with Crippen LogP contribution in [-0.2, 0) is 10.8 Å². The number of benzene rings is 11. The summed E-state index contributed by atoms with van der Waals surface area (Å²) >= 11 is 0. The van der Waals surface area contributed by atoms with Crippen LogP contribution in [0.4, 0.5) is 17.1 Å². The number of furan rings is 2. The lowest BCUT2D eigenvalue weighted by Gasteiger charge is -2.37. The van der Waals surface area contributed by atoms with Crippen molar-refractivity contribution in [3.63, 3.8) is 0 Å². The third kappa shape index (κ3) is 5.56. The zero-order valence-electron chi connectivity index (χ0n) is 39.5. The van der Waals surface area contributed by atoms with Crippen molar-refractivity contribution in [1.82, 2.24) is 0 Å². The molecule has 0 atom stereocenters. The third-order valence-corrected chi connectivity index (χ3v) is 16.0. The van der Waals surface area contributed by atoms with Gasteiger partial charge in [0.05, 0.1) is 11.1 Å². The predicted octanol–water partition coefficient (Wildman–Crippen LogP) is 18.3. The van der Waals surface area contributed by atoms with E-state index in [1.54, 1.807) is 0 Å². The Morgan fingerprint density at radius 1 is 0.333 bits per heavy atom. The first-order valence-electron chi connectivity index (χ1n) is 24.9. The van der Waals surface area contributed by atoms with Crippen molar-refractivity contribution in [3.8, 4) is 33.4 Å². The van der Waals surface area contributed by atoms with Crippen LogP contribution in [0.3, 0.4) is 0 Å². The summed E-state index contributed by atoms with van der Waals surface area (Å²) in [6, 6.07) is 93.2. The fourth-order valence-corrected chi connectivity index (χ4v) is 12.9. The van der Waals surface area contributed by atoms with E-state index in [0.717, 1.165) is 77.6 Å². The first-order chi connectivity index (χ1) is 35.6. The van der Waals surface area contributed by atoms with Crippen molar-refractivity contribution in [1.29, 1.82) is 0 Å². The Kier molecular flexibility index (Phi) is 8.71. The summed E-state index contributed by atoms with van der Waals surface area (Å²) in [5, 5.41) is 4.43. The summed E-state index contributed by atoms with van der Waals surface area (Å²) in [6.07, 6.45) is 0. The van der Waals surface area contributed by atoms with Gasteiger partial charge in [0.25, 0.3) is 0 Å². The predicted molar refractivity (Wildman–Crippen MR) is 296 cm³/mol. The lowest BCUT2D eigenvalue weighted by atomic mass is 9.67. The van der Waals surface area contributed by atoms with Gasteiger partial charge in [-0.3, -0.25) is 0 Å². The highest BCUT2D eigenvalue weighted by Crippen LogP contribution is 2.60. The maximum absolute atomic E-state index is 7.22. The first kappa shape index (κ1) is 40.7. The van der Waals surface area contributed by atoms with E-state index in [9.17, 15) is 0 Å². The van der Waals surface area contributed by atoms with Crippen LogP contribution in [0.1, 0.15) is 45.9 Å². The fourth-order valence-electron chi connectivity index (χ4n) is 12.9. The zero-order chi connectivity index (χ0) is 47.5. The van der Waals surface area contributed by atoms with Gasteiger partial charge in [0, 0.05) is 49.5 Å². The van der Waals surface area contributed by atoms with Gasteiger partial charge < -0.3 is 13.7 Å². The van der Waals surface area contributed by atoms with E-state index in [-0.39, 0.29) is 0 Å². The molecule has 0 amide bonds. The molecule has 2 heterocycles. The SMILES string of the molecule is CC1(c2c(N(c3ccc(-c4cccc5c4oc4ccccc45)cc3)c3ccc4c(c3)C(c3ccccc3)(c3ccccc3)c3ccccc3-4)ccc3c2oc2ccccc23)c2ccccc2-c2ccccc21. The van der Waals surface area contributed by atoms with E-state index in [4.69, 9.17) is 8.83 Å². The van der Waals surface area contributed by atoms with Gasteiger partial charge in [0.1, 0.15) is 22.3 Å². The minimum absolute atomic E-state index is 0.591. The highest BCUT2D eigenvalue weighted by molar-refractivity contribution is 6.11. The van der Waals surface area contributed by atoms with E-state index in [0.29, 0.717) is 0 Å². The molecule has 0 unspecified atom stereocenters. The lowest BCUT2D eigenvalue weighted by molar-refractivity contribution is 0.638. The maximum Gasteiger partial charge on any atom is 0.143 e. The Hall–Kier alpha value is -9.18. The second-order valence-corrected chi connectivity index (χ2v) is 19.6. The number of anilines is 3. The number of hydrogen-bond donors (Lipinski definition) is 0. The van der Waals surface area contributed by atoms with Crippen molar-refractivity contribution >= 4 is 60.9 Å². The molecule has 0 saturated carbocycles. The van der Waals surface area contributed by atoms with Crippen LogP contribution in [0.25, 0.3) is 77.3 Å². The molecule has 2 aromatic heterocycles. The molecular formula is C69H45NO2. The van der Waals surface area contributed by atoms with E-state index < -0.39 is 10.8 Å². The van der Waals surface area contributed by atoms with Crippen molar-refractivity contribution in [2.24, 2.45) is 0 Å². The molecule has 15 rings (SSSR count). The second kappa shape index (κ2) is 15.4. The number of nitrogens with zero attached hydrogens (tertiary/aromatic N) is 1. The normalized spacial score (nSPS) is 13.8. The van der Waals surface area contributed by atoms with Crippen LogP contribution in [-0.4, -0.2) is 0 Å². The Morgan fingerprint density at radius 2 is 0.806 bits per heavy atom. The van der Waals surface area contributed by atoms with Crippen LogP contribution in [0.5, 0.6) is 0 Å². The fraction of sp³-hybridized carbons (Fsp3) is 0.0435. The molecule has 0 fully saturated rings. The summed E-state index contributed by atoms with van der Waals surface area (Å²) in [7, 11) is 0. The van der Waals surface area contributed by atoms with Gasteiger partial charge in [-0.15, -0.1) is 0 Å². The molecule has 0 bridgehead atoms. The van der Waals surface area contributed by atoms with Crippen LogP contribution >= 0.6 is 0 Å². The van der Waals surface area contributed by atoms with E-state index in [1.165, 1.54) is 55.6 Å². The average Bonchev–Trinajstić information content (AvgIpc) is 4.18. The molecular weight excluding hydrogens is 875 g/mol. The Bertz CT molecular complexity index is 4210. The minimum atomic E-state index is -0.615. The Balaban J connectivity index is 1.03. The molecule has 13 aromatic rings. The molecule has 0 spiro atoms. The zero-order valence-corrected chi connectivity index (χ0v) is 39.5. The van der Waals surface area contributed by atoms with Crippen molar-refractivity contribution in [3.05, 3.63) is 294 Å². The van der Waals surface area contributed by atoms with Gasteiger partial charge in [0.15, 0.2) is 0 Å². The van der Waals surface area contributed by atoms with Crippen molar-refractivity contribution in [2.75, 3.05) is 4.90 Å². The number of rotatable bonds is 7. The topological polar surface area (TPSA) is 29.5 Å².